The number of aromatic amines is 2. The SMILES string of the molecule is CSCCC(C(=O)Nc1cccc2[nH]ccc12)n1c(=O)[nH]c2ccccc2c1=O. The number of carbonyl (C=O) groups is 1. The quantitative estimate of drug-likeness (QED) is 0.456. The van der Waals surface area contributed by atoms with Crippen molar-refractivity contribution in [2.45, 2.75) is 12.5 Å². The van der Waals surface area contributed by atoms with Gasteiger partial charge in [-0.2, -0.15) is 11.8 Å². The molecule has 4 aromatic rings. The van der Waals surface area contributed by atoms with Crippen LogP contribution in [0.15, 0.2) is 64.3 Å². The second-order valence-electron chi connectivity index (χ2n) is 6.68. The number of para-hydroxylation sites is 1. The lowest BCUT2D eigenvalue weighted by Crippen LogP contribution is -2.43. The molecular formula is C21H20N4O3S. The van der Waals surface area contributed by atoms with Gasteiger partial charge in [0, 0.05) is 17.1 Å². The molecule has 0 saturated heterocycles. The molecule has 7 nitrogen and oxygen atoms in total. The van der Waals surface area contributed by atoms with Crippen LogP contribution in [-0.2, 0) is 4.79 Å². The monoisotopic (exact) mass is 408 g/mol. The predicted molar refractivity (Wildman–Crippen MR) is 118 cm³/mol. The molecule has 1 unspecified atom stereocenters. The van der Waals surface area contributed by atoms with Crippen molar-refractivity contribution in [3.63, 3.8) is 0 Å². The lowest BCUT2D eigenvalue weighted by Gasteiger charge is -2.19. The van der Waals surface area contributed by atoms with Crippen LogP contribution in [0.4, 0.5) is 5.69 Å². The van der Waals surface area contributed by atoms with Crippen LogP contribution >= 0.6 is 11.8 Å². The molecule has 2 aromatic heterocycles. The van der Waals surface area contributed by atoms with E-state index in [9.17, 15) is 14.4 Å². The molecule has 0 bridgehead atoms. The Bertz CT molecular complexity index is 1300. The van der Waals surface area contributed by atoms with Gasteiger partial charge in [-0.1, -0.05) is 18.2 Å². The number of carbonyl (C=O) groups excluding carboxylic acids is 1. The molecule has 3 N–H and O–H groups in total. The summed E-state index contributed by atoms with van der Waals surface area (Å²) in [4.78, 5) is 44.7. The number of rotatable bonds is 6. The smallest absolute Gasteiger partial charge is 0.329 e. The number of fused-ring (bicyclic) bond motifs is 2. The molecule has 0 spiro atoms. The van der Waals surface area contributed by atoms with E-state index in [0.717, 1.165) is 15.5 Å². The number of H-pyrrole nitrogens is 2. The van der Waals surface area contributed by atoms with E-state index in [4.69, 9.17) is 0 Å². The van der Waals surface area contributed by atoms with Gasteiger partial charge < -0.3 is 15.3 Å². The third-order valence-corrected chi connectivity index (χ3v) is 5.54. The largest absolute Gasteiger partial charge is 0.361 e. The van der Waals surface area contributed by atoms with Crippen molar-refractivity contribution in [1.29, 1.82) is 0 Å². The second-order valence-corrected chi connectivity index (χ2v) is 7.67. The number of anilines is 1. The summed E-state index contributed by atoms with van der Waals surface area (Å²) in [7, 11) is 0. The summed E-state index contributed by atoms with van der Waals surface area (Å²) in [5.41, 5.74) is 0.928. The van der Waals surface area contributed by atoms with Crippen molar-refractivity contribution in [1.82, 2.24) is 14.5 Å². The Morgan fingerprint density at radius 3 is 2.69 bits per heavy atom. The summed E-state index contributed by atoms with van der Waals surface area (Å²) in [6.45, 7) is 0. The average molecular weight is 408 g/mol. The van der Waals surface area contributed by atoms with E-state index in [1.165, 1.54) is 0 Å². The number of benzene rings is 2. The number of amides is 1. The van der Waals surface area contributed by atoms with E-state index < -0.39 is 23.2 Å². The summed E-state index contributed by atoms with van der Waals surface area (Å²) in [6.07, 6.45) is 4.07. The van der Waals surface area contributed by atoms with Gasteiger partial charge in [0.2, 0.25) is 5.91 Å². The van der Waals surface area contributed by atoms with E-state index >= 15 is 0 Å². The zero-order valence-electron chi connectivity index (χ0n) is 15.8. The summed E-state index contributed by atoms with van der Waals surface area (Å²) in [5.74, 6) is 0.237. The van der Waals surface area contributed by atoms with Crippen molar-refractivity contribution in [2.24, 2.45) is 0 Å². The van der Waals surface area contributed by atoms with E-state index in [0.29, 0.717) is 28.8 Å². The molecule has 2 heterocycles. The van der Waals surface area contributed by atoms with Crippen LogP contribution in [0, 0.1) is 0 Å². The first-order valence-corrected chi connectivity index (χ1v) is 10.6. The predicted octanol–water partition coefficient (Wildman–Crippen LogP) is 3.10. The maximum absolute atomic E-state index is 13.2. The zero-order chi connectivity index (χ0) is 20.4. The molecule has 148 valence electrons. The van der Waals surface area contributed by atoms with Crippen LogP contribution in [0.1, 0.15) is 12.5 Å². The van der Waals surface area contributed by atoms with E-state index in [2.05, 4.69) is 15.3 Å². The molecule has 29 heavy (non-hydrogen) atoms. The fourth-order valence-electron chi connectivity index (χ4n) is 3.48. The van der Waals surface area contributed by atoms with Crippen molar-refractivity contribution in [3.8, 4) is 0 Å². The molecule has 0 saturated carbocycles. The van der Waals surface area contributed by atoms with Gasteiger partial charge in [-0.15, -0.1) is 0 Å². The van der Waals surface area contributed by atoms with Gasteiger partial charge in [-0.3, -0.25) is 9.59 Å². The highest BCUT2D eigenvalue weighted by molar-refractivity contribution is 7.98. The second kappa shape index (κ2) is 8.00. The molecule has 4 rings (SSSR count). The van der Waals surface area contributed by atoms with Crippen molar-refractivity contribution < 1.29 is 4.79 Å². The standard InChI is InChI=1S/C21H20N4O3S/c1-29-12-10-18(19(26)23-16-8-4-7-15-13(16)9-11-22-15)25-20(27)14-5-2-3-6-17(14)24-21(25)28/h2-9,11,18,22H,10,12H2,1H3,(H,23,26)(H,24,28). The van der Waals surface area contributed by atoms with E-state index in [-0.39, 0.29) is 0 Å². The van der Waals surface area contributed by atoms with Gasteiger partial charge in [0.1, 0.15) is 6.04 Å². The number of nitrogens with zero attached hydrogens (tertiary/aromatic N) is 1. The fraction of sp³-hybridized carbons (Fsp3) is 0.190. The van der Waals surface area contributed by atoms with Gasteiger partial charge >= 0.3 is 5.69 Å². The molecule has 0 radical (unpaired) electrons. The van der Waals surface area contributed by atoms with Crippen LogP contribution in [-0.4, -0.2) is 32.5 Å². The topological polar surface area (TPSA) is 99.8 Å². The van der Waals surface area contributed by atoms with E-state index in [1.807, 2.05) is 24.5 Å². The zero-order valence-corrected chi connectivity index (χ0v) is 16.6. The normalized spacial score (nSPS) is 12.3. The molecule has 2 aromatic carbocycles. The molecule has 8 heteroatoms. The Hall–Kier alpha value is -3.26. The van der Waals surface area contributed by atoms with Crippen molar-refractivity contribution in [3.05, 3.63) is 75.6 Å². The lowest BCUT2D eigenvalue weighted by atomic mass is 10.1. The minimum atomic E-state index is -0.919. The number of thioether (sulfide) groups is 1. The van der Waals surface area contributed by atoms with Gasteiger partial charge in [0.15, 0.2) is 0 Å². The molecule has 0 fully saturated rings. The first kappa shape index (κ1) is 19.1. The van der Waals surface area contributed by atoms with Crippen LogP contribution in [0.5, 0.6) is 0 Å². The number of nitrogens with one attached hydrogen (secondary N) is 3. The summed E-state index contributed by atoms with van der Waals surface area (Å²) < 4.78 is 1.03. The highest BCUT2D eigenvalue weighted by atomic mass is 32.2. The molecule has 0 aliphatic rings. The lowest BCUT2D eigenvalue weighted by molar-refractivity contribution is -0.119. The number of hydrogen-bond donors (Lipinski definition) is 3. The molecule has 1 atom stereocenters. The number of aromatic nitrogens is 3. The molecular weight excluding hydrogens is 388 g/mol. The Balaban J connectivity index is 1.78. The summed E-state index contributed by atoms with van der Waals surface area (Å²) in [6, 6.07) is 13.3. The van der Waals surface area contributed by atoms with Crippen LogP contribution in [0.2, 0.25) is 0 Å². The maximum atomic E-state index is 13.2. The molecule has 0 aliphatic heterocycles. The minimum Gasteiger partial charge on any atom is -0.361 e. The maximum Gasteiger partial charge on any atom is 0.329 e. The van der Waals surface area contributed by atoms with Crippen LogP contribution < -0.4 is 16.6 Å². The third-order valence-electron chi connectivity index (χ3n) is 4.90. The van der Waals surface area contributed by atoms with Crippen LogP contribution in [0.3, 0.4) is 0 Å². The highest BCUT2D eigenvalue weighted by Gasteiger charge is 2.25. The van der Waals surface area contributed by atoms with Gasteiger partial charge in [-0.25, -0.2) is 9.36 Å². The molecule has 1 amide bonds. The van der Waals surface area contributed by atoms with Crippen molar-refractivity contribution in [2.75, 3.05) is 17.3 Å². The summed E-state index contributed by atoms with van der Waals surface area (Å²) in [5, 5.41) is 4.14. The van der Waals surface area contributed by atoms with Gasteiger partial charge in [-0.05, 0) is 48.8 Å². The first-order chi connectivity index (χ1) is 14.1. The molecule has 0 aliphatic carbocycles. The van der Waals surface area contributed by atoms with Crippen LogP contribution in [0.25, 0.3) is 21.8 Å². The minimum absolute atomic E-state index is 0.359. The Labute approximate surface area is 170 Å². The van der Waals surface area contributed by atoms with Crippen molar-refractivity contribution >= 4 is 45.2 Å². The highest BCUT2D eigenvalue weighted by Crippen LogP contribution is 2.24. The van der Waals surface area contributed by atoms with E-state index in [1.54, 1.807) is 48.3 Å². The first-order valence-electron chi connectivity index (χ1n) is 9.19. The fourth-order valence-corrected chi connectivity index (χ4v) is 3.94. The average Bonchev–Trinajstić information content (AvgIpc) is 3.20. The van der Waals surface area contributed by atoms with Gasteiger partial charge in [0.05, 0.1) is 16.6 Å². The Morgan fingerprint density at radius 1 is 1.07 bits per heavy atom. The third kappa shape index (κ3) is 3.58. The summed E-state index contributed by atoms with van der Waals surface area (Å²) >= 11 is 1.55. The Kier molecular flexibility index (Phi) is 5.26. The van der Waals surface area contributed by atoms with Gasteiger partial charge in [0.25, 0.3) is 5.56 Å². The number of hydrogen-bond acceptors (Lipinski definition) is 4. The Morgan fingerprint density at radius 2 is 1.86 bits per heavy atom.